The van der Waals surface area contributed by atoms with Crippen molar-refractivity contribution in [3.63, 3.8) is 0 Å². The number of anilines is 1. The molecule has 3 rings (SSSR count). The van der Waals surface area contributed by atoms with Crippen molar-refractivity contribution in [2.45, 2.75) is 20.3 Å². The topological polar surface area (TPSA) is 78.9 Å². The van der Waals surface area contributed by atoms with Crippen molar-refractivity contribution in [3.8, 4) is 11.5 Å². The van der Waals surface area contributed by atoms with E-state index in [2.05, 4.69) is 5.43 Å². The van der Waals surface area contributed by atoms with Crippen LogP contribution in [-0.4, -0.2) is 23.5 Å². The van der Waals surface area contributed by atoms with Gasteiger partial charge in [0.15, 0.2) is 11.5 Å². The van der Waals surface area contributed by atoms with Crippen molar-refractivity contribution in [3.05, 3.63) is 59.2 Å². The number of carbonyl (C=O) groups excluding carboxylic acids is 2. The Hall–Kier alpha value is -3.28. The van der Waals surface area contributed by atoms with Crippen molar-refractivity contribution in [1.29, 1.82) is 0 Å². The summed E-state index contributed by atoms with van der Waals surface area (Å²) in [5.74, 6) is -0.788. The van der Waals surface area contributed by atoms with Crippen LogP contribution in [0.1, 0.15) is 25.0 Å². The summed E-state index contributed by atoms with van der Waals surface area (Å²) in [6.07, 6.45) is 2.26. The molecule has 0 saturated carbocycles. The SMILES string of the molecule is CCOc1cccc(C=C2C(=O)NN(c3ccc(CC)cc3)C2=O)c1O. The lowest BCUT2D eigenvalue weighted by Gasteiger charge is -2.14. The van der Waals surface area contributed by atoms with E-state index in [-0.39, 0.29) is 11.3 Å². The number of ether oxygens (including phenoxy) is 1. The van der Waals surface area contributed by atoms with Crippen molar-refractivity contribution < 1.29 is 19.4 Å². The van der Waals surface area contributed by atoms with Gasteiger partial charge in [0.1, 0.15) is 5.57 Å². The minimum atomic E-state index is -0.518. The molecule has 134 valence electrons. The van der Waals surface area contributed by atoms with E-state index in [4.69, 9.17) is 4.74 Å². The van der Waals surface area contributed by atoms with E-state index in [0.717, 1.165) is 12.0 Å². The van der Waals surface area contributed by atoms with Crippen LogP contribution in [0, 0.1) is 0 Å². The minimum absolute atomic E-state index is 0.0477. The quantitative estimate of drug-likeness (QED) is 0.641. The number of benzene rings is 2. The Bertz CT molecular complexity index is 872. The molecule has 6 nitrogen and oxygen atoms in total. The average Bonchev–Trinajstić information content (AvgIpc) is 2.93. The highest BCUT2D eigenvalue weighted by Gasteiger charge is 2.34. The van der Waals surface area contributed by atoms with Gasteiger partial charge in [-0.2, -0.15) is 0 Å². The zero-order valence-electron chi connectivity index (χ0n) is 14.7. The Morgan fingerprint density at radius 2 is 1.85 bits per heavy atom. The number of hydrazine groups is 1. The van der Waals surface area contributed by atoms with E-state index in [1.165, 1.54) is 11.1 Å². The smallest absolute Gasteiger partial charge is 0.282 e. The van der Waals surface area contributed by atoms with E-state index in [1.54, 1.807) is 37.3 Å². The second-order valence-electron chi connectivity index (χ2n) is 5.79. The summed E-state index contributed by atoms with van der Waals surface area (Å²) in [6, 6.07) is 12.3. The lowest BCUT2D eigenvalue weighted by atomic mass is 10.1. The molecule has 1 heterocycles. The predicted octanol–water partition coefficient (Wildman–Crippen LogP) is 2.81. The maximum Gasteiger partial charge on any atom is 0.282 e. The van der Waals surface area contributed by atoms with Gasteiger partial charge in [0.25, 0.3) is 11.8 Å². The molecule has 2 aromatic rings. The fourth-order valence-electron chi connectivity index (χ4n) is 2.70. The molecule has 1 saturated heterocycles. The molecule has 1 aliphatic heterocycles. The Balaban J connectivity index is 1.91. The first kappa shape index (κ1) is 17.5. The number of nitrogens with one attached hydrogen (secondary N) is 1. The van der Waals surface area contributed by atoms with Gasteiger partial charge in [0, 0.05) is 5.56 Å². The first-order valence-corrected chi connectivity index (χ1v) is 8.46. The highest BCUT2D eigenvalue weighted by Crippen LogP contribution is 2.32. The molecular formula is C20H20N2O4. The van der Waals surface area contributed by atoms with Gasteiger partial charge >= 0.3 is 0 Å². The molecule has 2 N–H and O–H groups in total. The summed E-state index contributed by atoms with van der Waals surface area (Å²) in [6.45, 7) is 4.25. The van der Waals surface area contributed by atoms with Gasteiger partial charge in [0.05, 0.1) is 12.3 Å². The number of phenolic OH excluding ortho intramolecular Hbond substituents is 1. The molecule has 6 heteroatoms. The maximum absolute atomic E-state index is 12.7. The average molecular weight is 352 g/mol. The number of nitrogens with zero attached hydrogens (tertiary/aromatic N) is 1. The van der Waals surface area contributed by atoms with E-state index < -0.39 is 11.8 Å². The van der Waals surface area contributed by atoms with Crippen LogP contribution in [0.15, 0.2) is 48.0 Å². The van der Waals surface area contributed by atoms with Gasteiger partial charge in [-0.3, -0.25) is 15.0 Å². The molecule has 2 aromatic carbocycles. The molecule has 0 radical (unpaired) electrons. The maximum atomic E-state index is 12.7. The Morgan fingerprint density at radius 1 is 1.12 bits per heavy atom. The van der Waals surface area contributed by atoms with Crippen LogP contribution in [0.2, 0.25) is 0 Å². The molecular weight excluding hydrogens is 332 g/mol. The van der Waals surface area contributed by atoms with Gasteiger partial charge in [0.2, 0.25) is 0 Å². The summed E-state index contributed by atoms with van der Waals surface area (Å²) in [5.41, 5.74) is 4.57. The van der Waals surface area contributed by atoms with Crippen LogP contribution in [0.4, 0.5) is 5.69 Å². The summed E-state index contributed by atoms with van der Waals surface area (Å²) in [7, 11) is 0. The van der Waals surface area contributed by atoms with Gasteiger partial charge < -0.3 is 9.84 Å². The Labute approximate surface area is 151 Å². The number of aryl methyl sites for hydroxylation is 1. The predicted molar refractivity (Wildman–Crippen MR) is 98.7 cm³/mol. The lowest BCUT2D eigenvalue weighted by Crippen LogP contribution is -2.35. The van der Waals surface area contributed by atoms with Crippen LogP contribution in [0.25, 0.3) is 6.08 Å². The normalized spacial score (nSPS) is 15.5. The number of para-hydroxylation sites is 1. The number of aromatic hydroxyl groups is 1. The number of amides is 2. The van der Waals surface area contributed by atoms with Gasteiger partial charge in [-0.05, 0) is 43.2 Å². The number of phenols is 1. The van der Waals surface area contributed by atoms with E-state index in [1.807, 2.05) is 19.1 Å². The Kier molecular flexibility index (Phi) is 4.93. The zero-order chi connectivity index (χ0) is 18.7. The second kappa shape index (κ2) is 7.31. The van der Waals surface area contributed by atoms with E-state index >= 15 is 0 Å². The molecule has 0 aliphatic carbocycles. The summed E-state index contributed by atoms with van der Waals surface area (Å²) < 4.78 is 5.33. The molecule has 1 fully saturated rings. The summed E-state index contributed by atoms with van der Waals surface area (Å²) in [4.78, 5) is 24.9. The van der Waals surface area contributed by atoms with Crippen LogP contribution >= 0.6 is 0 Å². The number of carbonyl (C=O) groups is 2. The molecule has 26 heavy (non-hydrogen) atoms. The fourth-order valence-corrected chi connectivity index (χ4v) is 2.70. The molecule has 0 unspecified atom stereocenters. The monoisotopic (exact) mass is 352 g/mol. The van der Waals surface area contributed by atoms with E-state index in [0.29, 0.717) is 23.6 Å². The van der Waals surface area contributed by atoms with Gasteiger partial charge in [-0.25, -0.2) is 5.01 Å². The molecule has 0 atom stereocenters. The number of hydrogen-bond donors (Lipinski definition) is 2. The first-order valence-electron chi connectivity index (χ1n) is 8.46. The summed E-state index contributed by atoms with van der Waals surface area (Å²) in [5, 5.41) is 11.5. The van der Waals surface area contributed by atoms with Crippen LogP contribution in [0.5, 0.6) is 11.5 Å². The van der Waals surface area contributed by atoms with Crippen molar-refractivity contribution >= 4 is 23.6 Å². The number of hydrogen-bond acceptors (Lipinski definition) is 4. The zero-order valence-corrected chi connectivity index (χ0v) is 14.7. The van der Waals surface area contributed by atoms with E-state index in [9.17, 15) is 14.7 Å². The van der Waals surface area contributed by atoms with Crippen molar-refractivity contribution in [2.24, 2.45) is 0 Å². The number of rotatable bonds is 5. The van der Waals surface area contributed by atoms with Gasteiger partial charge in [-0.1, -0.05) is 31.2 Å². The molecule has 2 amide bonds. The third-order valence-electron chi connectivity index (χ3n) is 4.12. The van der Waals surface area contributed by atoms with Crippen LogP contribution < -0.4 is 15.2 Å². The van der Waals surface area contributed by atoms with Crippen LogP contribution in [-0.2, 0) is 16.0 Å². The Morgan fingerprint density at radius 3 is 2.50 bits per heavy atom. The second-order valence-corrected chi connectivity index (χ2v) is 5.79. The standard InChI is InChI=1S/C20H20N2O4/c1-3-13-8-10-15(11-9-13)22-20(25)16(19(24)21-22)12-14-6-5-7-17(18(14)23)26-4-2/h5-12,23H,3-4H2,1-2H3,(H,21,24). The van der Waals surface area contributed by atoms with Crippen molar-refractivity contribution in [2.75, 3.05) is 11.6 Å². The third kappa shape index (κ3) is 3.26. The summed E-state index contributed by atoms with van der Waals surface area (Å²) >= 11 is 0. The lowest BCUT2D eigenvalue weighted by molar-refractivity contribution is -0.117. The molecule has 0 spiro atoms. The molecule has 1 aliphatic rings. The third-order valence-corrected chi connectivity index (χ3v) is 4.12. The highest BCUT2D eigenvalue weighted by molar-refractivity contribution is 6.31. The highest BCUT2D eigenvalue weighted by atomic mass is 16.5. The molecule has 0 bridgehead atoms. The largest absolute Gasteiger partial charge is 0.504 e. The fraction of sp³-hybridized carbons (Fsp3) is 0.200. The molecule has 0 aromatic heterocycles. The van der Waals surface area contributed by atoms with Crippen LogP contribution in [0.3, 0.4) is 0 Å². The van der Waals surface area contributed by atoms with Gasteiger partial charge in [-0.15, -0.1) is 0 Å². The first-order chi connectivity index (χ1) is 12.5. The minimum Gasteiger partial charge on any atom is -0.504 e. The van der Waals surface area contributed by atoms with Crippen molar-refractivity contribution in [1.82, 2.24) is 5.43 Å².